The fourth-order valence-electron chi connectivity index (χ4n) is 3.89. The second kappa shape index (κ2) is 10.0. The zero-order valence-electron chi connectivity index (χ0n) is 19.1. The second-order valence-electron chi connectivity index (χ2n) is 8.00. The molecule has 1 fully saturated rings. The Morgan fingerprint density at radius 2 is 1.86 bits per heavy atom. The van der Waals surface area contributed by atoms with E-state index in [1.54, 1.807) is 7.05 Å². The third-order valence-corrected chi connectivity index (χ3v) is 5.64. The molecule has 1 N–H and O–H groups in total. The van der Waals surface area contributed by atoms with Crippen LogP contribution in [0.3, 0.4) is 0 Å². The number of hydrogen-bond donors (Lipinski definition) is 1. The number of benzene rings is 1. The zero-order valence-corrected chi connectivity index (χ0v) is 19.1. The summed E-state index contributed by atoms with van der Waals surface area (Å²) in [6.45, 7) is 1.78. The number of rotatable bonds is 6. The lowest BCUT2D eigenvalue weighted by molar-refractivity contribution is 0.102. The first-order chi connectivity index (χ1) is 16.8. The Labute approximate surface area is 199 Å². The molecule has 0 bridgehead atoms. The minimum atomic E-state index is -0.959. The summed E-state index contributed by atoms with van der Waals surface area (Å²) in [6.07, 6.45) is 2.92. The zero-order chi connectivity index (χ0) is 25.1. The lowest BCUT2D eigenvalue weighted by Gasteiger charge is -2.36. The molecule has 3 aromatic rings. The summed E-state index contributed by atoms with van der Waals surface area (Å²) < 4.78 is 47.9. The van der Waals surface area contributed by atoms with Crippen LogP contribution in [0.15, 0.2) is 30.6 Å². The molecule has 0 radical (unpaired) electrons. The first-order valence-electron chi connectivity index (χ1n) is 10.7. The highest BCUT2D eigenvalue weighted by atomic mass is 19.1. The van der Waals surface area contributed by atoms with Crippen LogP contribution in [-0.2, 0) is 13.6 Å². The van der Waals surface area contributed by atoms with Gasteiger partial charge >= 0.3 is 0 Å². The summed E-state index contributed by atoms with van der Waals surface area (Å²) in [5.74, 6) is -2.67. The summed E-state index contributed by atoms with van der Waals surface area (Å²) in [5.41, 5.74) is 0.637. The molecule has 4 rings (SSSR count). The van der Waals surface area contributed by atoms with Crippen LogP contribution >= 0.6 is 0 Å². The molecule has 3 heterocycles. The normalized spacial score (nSPS) is 14.0. The monoisotopic (exact) mass is 485 g/mol. The number of carbonyl (C=O) groups is 1. The topological polar surface area (TPSA) is 99.3 Å². The smallest absolute Gasteiger partial charge is 0.262 e. The van der Waals surface area contributed by atoms with E-state index in [0.29, 0.717) is 49.8 Å². The van der Waals surface area contributed by atoms with Crippen molar-refractivity contribution in [3.05, 3.63) is 64.7 Å². The molecule has 182 valence electrons. The van der Waals surface area contributed by atoms with Gasteiger partial charge in [0.15, 0.2) is 5.82 Å². The molecular weight excluding hydrogens is 463 g/mol. The number of piperazine rings is 1. The Hall–Kier alpha value is -4.11. The average molecular weight is 485 g/mol. The second-order valence-corrected chi connectivity index (χ2v) is 8.00. The van der Waals surface area contributed by atoms with Crippen molar-refractivity contribution in [3.63, 3.8) is 0 Å². The summed E-state index contributed by atoms with van der Waals surface area (Å²) in [5, 5.41) is 16.2. The molecule has 1 aromatic carbocycles. The van der Waals surface area contributed by atoms with Crippen molar-refractivity contribution in [2.75, 3.05) is 43.5 Å². The maximum atomic E-state index is 14.0. The van der Waals surface area contributed by atoms with Crippen LogP contribution < -0.4 is 15.0 Å². The SMILES string of the molecule is COc1nn(C)cc1C(=O)Nc1cc(C#N)cnc1N1CCN(Cc2c(F)cc(F)cc2F)CC1. The predicted octanol–water partition coefficient (Wildman–Crippen LogP) is 2.69. The molecule has 1 amide bonds. The van der Waals surface area contributed by atoms with Gasteiger partial charge in [0.1, 0.15) is 29.1 Å². The molecule has 0 atom stereocenters. The fraction of sp³-hybridized carbons (Fsp3) is 0.304. The molecule has 35 heavy (non-hydrogen) atoms. The first-order valence-corrected chi connectivity index (χ1v) is 10.7. The van der Waals surface area contributed by atoms with Gasteiger partial charge in [0, 0.05) is 69.9 Å². The van der Waals surface area contributed by atoms with E-state index in [1.165, 1.54) is 30.3 Å². The molecule has 1 saturated heterocycles. The number of hydrogen-bond acceptors (Lipinski definition) is 7. The summed E-state index contributed by atoms with van der Waals surface area (Å²) in [7, 11) is 3.07. The number of nitrogens with one attached hydrogen (secondary N) is 1. The van der Waals surface area contributed by atoms with Gasteiger partial charge in [-0.3, -0.25) is 14.4 Å². The van der Waals surface area contributed by atoms with Gasteiger partial charge in [-0.2, -0.15) is 5.26 Å². The van der Waals surface area contributed by atoms with Crippen molar-refractivity contribution in [3.8, 4) is 11.9 Å². The van der Waals surface area contributed by atoms with E-state index in [0.717, 1.165) is 0 Å². The van der Waals surface area contributed by atoms with E-state index >= 15 is 0 Å². The van der Waals surface area contributed by atoms with Crippen LogP contribution in [0.4, 0.5) is 24.7 Å². The van der Waals surface area contributed by atoms with E-state index in [4.69, 9.17) is 4.74 Å². The van der Waals surface area contributed by atoms with Gasteiger partial charge in [-0.05, 0) is 6.07 Å². The van der Waals surface area contributed by atoms with Gasteiger partial charge in [-0.1, -0.05) is 0 Å². The number of pyridine rings is 1. The van der Waals surface area contributed by atoms with Crippen molar-refractivity contribution in [1.29, 1.82) is 5.26 Å². The highest BCUT2D eigenvalue weighted by molar-refractivity contribution is 6.07. The van der Waals surface area contributed by atoms with Crippen LogP contribution in [0.2, 0.25) is 0 Å². The number of amides is 1. The molecule has 1 aliphatic rings. The van der Waals surface area contributed by atoms with Crippen LogP contribution in [-0.4, -0.2) is 58.9 Å². The first kappa shape index (κ1) is 24.0. The van der Waals surface area contributed by atoms with Gasteiger partial charge in [0.05, 0.1) is 18.4 Å². The van der Waals surface area contributed by atoms with Crippen molar-refractivity contribution < 1.29 is 22.7 Å². The predicted molar refractivity (Wildman–Crippen MR) is 120 cm³/mol. The minimum Gasteiger partial charge on any atom is -0.479 e. The highest BCUT2D eigenvalue weighted by Crippen LogP contribution is 2.28. The van der Waals surface area contributed by atoms with Crippen LogP contribution in [0, 0.1) is 28.8 Å². The summed E-state index contributed by atoms with van der Waals surface area (Å²) >= 11 is 0. The van der Waals surface area contributed by atoms with E-state index in [9.17, 15) is 23.2 Å². The lowest BCUT2D eigenvalue weighted by Crippen LogP contribution is -2.46. The summed E-state index contributed by atoms with van der Waals surface area (Å²) in [4.78, 5) is 21.0. The van der Waals surface area contributed by atoms with Crippen LogP contribution in [0.25, 0.3) is 0 Å². The Bertz CT molecular complexity index is 1270. The summed E-state index contributed by atoms with van der Waals surface area (Å²) in [6, 6.07) is 4.87. The molecule has 9 nitrogen and oxygen atoms in total. The van der Waals surface area contributed by atoms with E-state index in [-0.39, 0.29) is 29.1 Å². The number of ether oxygens (including phenoxy) is 1. The molecule has 2 aromatic heterocycles. The van der Waals surface area contributed by atoms with Crippen molar-refractivity contribution in [1.82, 2.24) is 19.7 Å². The molecular formula is C23H22F3N7O2. The number of nitrogens with zero attached hydrogens (tertiary/aromatic N) is 6. The van der Waals surface area contributed by atoms with Crippen molar-refractivity contribution >= 4 is 17.4 Å². The average Bonchev–Trinajstić information content (AvgIpc) is 3.22. The highest BCUT2D eigenvalue weighted by Gasteiger charge is 2.25. The standard InChI is InChI=1S/C23H22F3N7O2/c1-31-12-17(23(30-31)35-2)22(34)29-20-7-14(10-27)11-28-21(20)33-5-3-32(4-6-33)13-16-18(25)8-15(24)9-19(16)26/h7-9,11-12H,3-6,13H2,1-2H3,(H,29,34). The van der Waals surface area contributed by atoms with Gasteiger partial charge in [0.2, 0.25) is 5.88 Å². The Morgan fingerprint density at radius 3 is 2.49 bits per heavy atom. The van der Waals surface area contributed by atoms with Crippen molar-refractivity contribution in [2.24, 2.45) is 7.05 Å². The fourth-order valence-corrected chi connectivity index (χ4v) is 3.89. The molecule has 0 aliphatic carbocycles. The van der Waals surface area contributed by atoms with Gasteiger partial charge < -0.3 is 15.0 Å². The molecule has 0 saturated carbocycles. The lowest BCUT2D eigenvalue weighted by atomic mass is 10.1. The maximum absolute atomic E-state index is 14.0. The van der Waals surface area contributed by atoms with Crippen LogP contribution in [0.1, 0.15) is 21.5 Å². The van der Waals surface area contributed by atoms with Crippen molar-refractivity contribution in [2.45, 2.75) is 6.54 Å². The molecule has 0 spiro atoms. The quantitative estimate of drug-likeness (QED) is 0.573. The largest absolute Gasteiger partial charge is 0.479 e. The number of halogens is 3. The Balaban J connectivity index is 1.50. The number of nitriles is 1. The van der Waals surface area contributed by atoms with Gasteiger partial charge in [-0.25, -0.2) is 18.2 Å². The number of carbonyl (C=O) groups excluding carboxylic acids is 1. The van der Waals surface area contributed by atoms with E-state index < -0.39 is 23.4 Å². The Morgan fingerprint density at radius 1 is 1.17 bits per heavy atom. The van der Waals surface area contributed by atoms with E-state index in [2.05, 4.69) is 15.4 Å². The van der Waals surface area contributed by atoms with E-state index in [1.807, 2.05) is 15.9 Å². The third kappa shape index (κ3) is 5.20. The minimum absolute atomic E-state index is 0.00300. The number of methoxy groups -OCH3 is 1. The van der Waals surface area contributed by atoms with Gasteiger partial charge in [-0.15, -0.1) is 5.10 Å². The molecule has 1 aliphatic heterocycles. The number of aryl methyl sites for hydroxylation is 1. The number of anilines is 2. The molecule has 0 unspecified atom stereocenters. The maximum Gasteiger partial charge on any atom is 0.262 e. The van der Waals surface area contributed by atoms with Crippen LogP contribution in [0.5, 0.6) is 5.88 Å². The van der Waals surface area contributed by atoms with Gasteiger partial charge in [0.25, 0.3) is 5.91 Å². The number of aromatic nitrogens is 3. The third-order valence-electron chi connectivity index (χ3n) is 5.64. The Kier molecular flexibility index (Phi) is 6.88. The molecule has 12 heteroatoms.